The summed E-state index contributed by atoms with van der Waals surface area (Å²) in [4.78, 5) is 25.8. The van der Waals surface area contributed by atoms with Crippen molar-refractivity contribution < 1.29 is 28.6 Å². The number of ether oxygens (including phenoxy) is 2. The molecule has 30 heavy (non-hydrogen) atoms. The number of fused-ring (bicyclic) bond motifs is 1. The van der Waals surface area contributed by atoms with E-state index in [1.807, 2.05) is 0 Å². The number of amides is 2. The molecule has 3 rings (SSSR count). The Labute approximate surface area is 178 Å². The van der Waals surface area contributed by atoms with E-state index in [0.29, 0.717) is 5.56 Å². The molecule has 0 radical (unpaired) electrons. The van der Waals surface area contributed by atoms with Crippen LogP contribution in [-0.2, 0) is 11.3 Å². The number of nitrogens with one attached hydrogen (secondary N) is 1. The first kappa shape index (κ1) is 21.7. The third-order valence-electron chi connectivity index (χ3n) is 4.48. The summed E-state index contributed by atoms with van der Waals surface area (Å²) in [5.41, 5.74) is -0.0245. The summed E-state index contributed by atoms with van der Waals surface area (Å²) in [6, 6.07) is 6.77. The quantitative estimate of drug-likeness (QED) is 0.653. The molecule has 160 valence electrons. The van der Waals surface area contributed by atoms with Gasteiger partial charge in [0.2, 0.25) is 0 Å². The maximum atomic E-state index is 15.0. The van der Waals surface area contributed by atoms with Crippen LogP contribution in [0.2, 0.25) is 5.02 Å². The van der Waals surface area contributed by atoms with Crippen LogP contribution in [0.3, 0.4) is 0 Å². The molecule has 2 aromatic carbocycles. The van der Waals surface area contributed by atoms with Gasteiger partial charge in [-0.1, -0.05) is 23.7 Å². The molecule has 2 N–H and O–H groups in total. The molecule has 2 amide bonds. The smallest absolute Gasteiger partial charge is 0.416 e. The molecular formula is C21H22ClFN2O5. The number of nitrogens with zero attached hydrogens (tertiary/aromatic N) is 1. The number of phenolic OH excluding ortho intramolecular Hbond substituents is 1. The first-order chi connectivity index (χ1) is 14.0. The van der Waals surface area contributed by atoms with Crippen LogP contribution < -0.4 is 10.1 Å². The number of benzene rings is 2. The number of halogens is 2. The lowest BCUT2D eigenvalue weighted by atomic mass is 10.0. The Morgan fingerprint density at radius 2 is 2.07 bits per heavy atom. The van der Waals surface area contributed by atoms with E-state index in [9.17, 15) is 19.1 Å². The number of carbonyl (C=O) groups is 2. The SMILES string of the molecule is CC1c2cc(Cl)c(O)cc2OC(=O)N1Cc1cccc(NC(=O)OC(C)(C)C)c1F. The maximum Gasteiger partial charge on any atom is 0.416 e. The molecular weight excluding hydrogens is 415 g/mol. The minimum Gasteiger partial charge on any atom is -0.506 e. The van der Waals surface area contributed by atoms with Crippen LogP contribution in [-0.4, -0.2) is 27.8 Å². The summed E-state index contributed by atoms with van der Waals surface area (Å²) in [6.07, 6.45) is -1.48. The fraction of sp³-hybridized carbons (Fsp3) is 0.333. The molecule has 0 saturated heterocycles. The molecule has 0 spiro atoms. The van der Waals surface area contributed by atoms with E-state index < -0.39 is 29.6 Å². The maximum absolute atomic E-state index is 15.0. The second-order valence-electron chi connectivity index (χ2n) is 7.92. The van der Waals surface area contributed by atoms with Gasteiger partial charge < -0.3 is 14.6 Å². The highest BCUT2D eigenvalue weighted by atomic mass is 35.5. The topological polar surface area (TPSA) is 88.1 Å². The lowest BCUT2D eigenvalue weighted by Crippen LogP contribution is -2.39. The van der Waals surface area contributed by atoms with Crippen LogP contribution in [0.25, 0.3) is 0 Å². The highest BCUT2D eigenvalue weighted by Crippen LogP contribution is 2.41. The summed E-state index contributed by atoms with van der Waals surface area (Å²) >= 11 is 5.97. The van der Waals surface area contributed by atoms with Crippen molar-refractivity contribution in [3.8, 4) is 11.5 Å². The van der Waals surface area contributed by atoms with E-state index in [1.54, 1.807) is 33.8 Å². The molecule has 2 aromatic rings. The van der Waals surface area contributed by atoms with Crippen molar-refractivity contribution in [2.75, 3.05) is 5.32 Å². The zero-order valence-electron chi connectivity index (χ0n) is 17.0. The minimum atomic E-state index is -0.785. The second kappa shape index (κ2) is 8.02. The average molecular weight is 437 g/mol. The summed E-state index contributed by atoms with van der Waals surface area (Å²) in [6.45, 7) is 6.74. The second-order valence-corrected chi connectivity index (χ2v) is 8.33. The molecule has 0 aromatic heterocycles. The van der Waals surface area contributed by atoms with Gasteiger partial charge in [-0.15, -0.1) is 0 Å². The number of rotatable bonds is 3. The normalized spacial score (nSPS) is 16.0. The van der Waals surface area contributed by atoms with Gasteiger partial charge in [-0.05, 0) is 39.8 Å². The van der Waals surface area contributed by atoms with Crippen LogP contribution in [0.4, 0.5) is 19.7 Å². The van der Waals surface area contributed by atoms with Gasteiger partial charge >= 0.3 is 12.2 Å². The molecule has 7 nitrogen and oxygen atoms in total. The van der Waals surface area contributed by atoms with E-state index in [1.165, 1.54) is 29.2 Å². The first-order valence-corrected chi connectivity index (χ1v) is 9.62. The van der Waals surface area contributed by atoms with E-state index >= 15 is 0 Å². The van der Waals surface area contributed by atoms with E-state index in [0.717, 1.165) is 0 Å². The van der Waals surface area contributed by atoms with Gasteiger partial charge in [-0.25, -0.2) is 14.0 Å². The average Bonchev–Trinajstić information content (AvgIpc) is 2.62. The Balaban J connectivity index is 1.83. The molecule has 1 unspecified atom stereocenters. The fourth-order valence-electron chi connectivity index (χ4n) is 3.05. The number of aromatic hydroxyl groups is 1. The highest BCUT2D eigenvalue weighted by molar-refractivity contribution is 6.32. The van der Waals surface area contributed by atoms with Crippen molar-refractivity contribution in [3.05, 3.63) is 52.3 Å². The van der Waals surface area contributed by atoms with Crippen LogP contribution in [0.5, 0.6) is 11.5 Å². The van der Waals surface area contributed by atoms with Gasteiger partial charge in [0.1, 0.15) is 17.1 Å². The third kappa shape index (κ3) is 4.59. The van der Waals surface area contributed by atoms with Gasteiger partial charge in [0, 0.05) is 17.2 Å². The van der Waals surface area contributed by atoms with Crippen LogP contribution in [0, 0.1) is 5.82 Å². The van der Waals surface area contributed by atoms with Crippen molar-refractivity contribution in [1.29, 1.82) is 0 Å². The molecule has 0 saturated carbocycles. The summed E-state index contributed by atoms with van der Waals surface area (Å²) in [5.74, 6) is -0.680. The van der Waals surface area contributed by atoms with Gasteiger partial charge in [0.25, 0.3) is 0 Å². The van der Waals surface area contributed by atoms with Gasteiger partial charge in [0.05, 0.1) is 23.3 Å². The Bertz CT molecular complexity index is 1010. The van der Waals surface area contributed by atoms with Crippen molar-refractivity contribution >= 4 is 29.5 Å². The van der Waals surface area contributed by atoms with Crippen LogP contribution >= 0.6 is 11.6 Å². The Morgan fingerprint density at radius 1 is 1.37 bits per heavy atom. The standard InChI is InChI=1S/C21H22ClFN2O5/c1-11-13-8-14(22)16(26)9-17(13)29-20(28)25(11)10-12-6-5-7-15(18(12)23)24-19(27)30-21(2,3)4/h5-9,11,26H,10H2,1-4H3,(H,24,27). The molecule has 1 heterocycles. The molecule has 0 fully saturated rings. The lowest BCUT2D eigenvalue weighted by Gasteiger charge is -2.34. The zero-order chi connectivity index (χ0) is 22.2. The van der Waals surface area contributed by atoms with Crippen molar-refractivity contribution in [2.24, 2.45) is 0 Å². The molecule has 0 bridgehead atoms. The van der Waals surface area contributed by atoms with E-state index in [2.05, 4.69) is 5.32 Å². The number of hydrogen-bond acceptors (Lipinski definition) is 5. The Morgan fingerprint density at radius 3 is 2.73 bits per heavy atom. The number of phenols is 1. The third-order valence-corrected chi connectivity index (χ3v) is 4.79. The zero-order valence-corrected chi connectivity index (χ0v) is 17.7. The first-order valence-electron chi connectivity index (χ1n) is 9.24. The Hall–Kier alpha value is -3.00. The van der Waals surface area contributed by atoms with Gasteiger partial charge in [-0.2, -0.15) is 0 Å². The Kier molecular flexibility index (Phi) is 5.81. The summed E-state index contributed by atoms with van der Waals surface area (Å²) in [7, 11) is 0. The fourth-order valence-corrected chi connectivity index (χ4v) is 3.22. The lowest BCUT2D eigenvalue weighted by molar-refractivity contribution is 0.0635. The van der Waals surface area contributed by atoms with Gasteiger partial charge in [-0.3, -0.25) is 10.2 Å². The predicted molar refractivity (Wildman–Crippen MR) is 109 cm³/mol. The summed E-state index contributed by atoms with van der Waals surface area (Å²) in [5, 5.41) is 12.2. The molecule has 9 heteroatoms. The number of anilines is 1. The molecule has 1 aliphatic rings. The minimum absolute atomic E-state index is 0.0619. The van der Waals surface area contributed by atoms with E-state index in [4.69, 9.17) is 21.1 Å². The largest absolute Gasteiger partial charge is 0.506 e. The highest BCUT2D eigenvalue weighted by Gasteiger charge is 2.33. The van der Waals surface area contributed by atoms with Crippen molar-refractivity contribution in [1.82, 2.24) is 4.90 Å². The van der Waals surface area contributed by atoms with Crippen LogP contribution in [0.1, 0.15) is 44.9 Å². The van der Waals surface area contributed by atoms with E-state index in [-0.39, 0.29) is 34.3 Å². The molecule has 1 aliphatic heterocycles. The molecule has 0 aliphatic carbocycles. The number of hydrogen-bond donors (Lipinski definition) is 2. The van der Waals surface area contributed by atoms with Crippen molar-refractivity contribution in [3.63, 3.8) is 0 Å². The monoisotopic (exact) mass is 436 g/mol. The van der Waals surface area contributed by atoms with Gasteiger partial charge in [0.15, 0.2) is 5.82 Å². The van der Waals surface area contributed by atoms with Crippen molar-refractivity contribution in [2.45, 2.75) is 45.9 Å². The van der Waals surface area contributed by atoms with Crippen LogP contribution in [0.15, 0.2) is 30.3 Å². The number of carbonyl (C=O) groups excluding carboxylic acids is 2. The summed E-state index contributed by atoms with van der Waals surface area (Å²) < 4.78 is 25.4. The molecule has 1 atom stereocenters. The predicted octanol–water partition coefficient (Wildman–Crippen LogP) is 5.61.